The smallest absolute Gasteiger partial charge is 0.0964 e. The number of hydrogen-bond acceptors (Lipinski definition) is 4. The molecule has 0 saturated heterocycles. The van der Waals surface area contributed by atoms with Crippen molar-refractivity contribution in [1.29, 1.82) is 0 Å². The van der Waals surface area contributed by atoms with Gasteiger partial charge in [0, 0.05) is 19.3 Å². The van der Waals surface area contributed by atoms with E-state index in [-0.39, 0.29) is 0 Å². The van der Waals surface area contributed by atoms with Crippen LogP contribution in [0.5, 0.6) is 0 Å². The van der Waals surface area contributed by atoms with E-state index in [0.29, 0.717) is 0 Å². The molecule has 0 radical (unpaired) electrons. The zero-order valence-corrected chi connectivity index (χ0v) is 9.90. The summed E-state index contributed by atoms with van der Waals surface area (Å²) in [7, 11) is 1.91. The Balaban J connectivity index is 2.36. The van der Waals surface area contributed by atoms with E-state index in [1.807, 2.05) is 17.9 Å². The van der Waals surface area contributed by atoms with E-state index < -0.39 is 0 Å². The molecular weight excluding hydrogens is 190 g/mol. The number of aromatic nitrogens is 3. The second kappa shape index (κ2) is 6.53. The first-order valence-electron chi connectivity index (χ1n) is 5.56. The van der Waals surface area contributed by atoms with E-state index in [1.165, 1.54) is 0 Å². The van der Waals surface area contributed by atoms with Crippen LogP contribution in [0.15, 0.2) is 6.20 Å². The van der Waals surface area contributed by atoms with Gasteiger partial charge in [0.05, 0.1) is 12.2 Å². The summed E-state index contributed by atoms with van der Waals surface area (Å²) in [6.07, 6.45) is 2.00. The van der Waals surface area contributed by atoms with Crippen molar-refractivity contribution in [2.75, 3.05) is 26.7 Å². The largest absolute Gasteiger partial charge is 0.314 e. The maximum absolute atomic E-state index is 4.08. The van der Waals surface area contributed by atoms with Crippen molar-refractivity contribution in [3.63, 3.8) is 0 Å². The SMILES string of the molecule is CCN(CC)CCn1cc(CNC)nn1. The average molecular weight is 211 g/mol. The Morgan fingerprint density at radius 1 is 1.40 bits per heavy atom. The lowest BCUT2D eigenvalue weighted by molar-refractivity contribution is 0.284. The molecule has 0 saturated carbocycles. The van der Waals surface area contributed by atoms with Crippen LogP contribution in [-0.2, 0) is 13.1 Å². The molecular formula is C10H21N5. The molecule has 0 aliphatic heterocycles. The van der Waals surface area contributed by atoms with Crippen molar-refractivity contribution in [2.24, 2.45) is 0 Å². The van der Waals surface area contributed by atoms with Crippen molar-refractivity contribution < 1.29 is 0 Å². The van der Waals surface area contributed by atoms with E-state index in [0.717, 1.165) is 38.4 Å². The Hall–Kier alpha value is -0.940. The highest BCUT2D eigenvalue weighted by atomic mass is 15.4. The van der Waals surface area contributed by atoms with Gasteiger partial charge in [0.15, 0.2) is 0 Å². The van der Waals surface area contributed by atoms with Crippen LogP contribution >= 0.6 is 0 Å². The number of nitrogens with one attached hydrogen (secondary N) is 1. The molecule has 5 nitrogen and oxygen atoms in total. The number of hydrogen-bond donors (Lipinski definition) is 1. The van der Waals surface area contributed by atoms with Crippen molar-refractivity contribution in [3.8, 4) is 0 Å². The molecule has 1 aromatic heterocycles. The highest BCUT2D eigenvalue weighted by molar-refractivity contribution is 4.90. The molecule has 0 aromatic carbocycles. The van der Waals surface area contributed by atoms with Gasteiger partial charge in [0.25, 0.3) is 0 Å². The molecule has 5 heteroatoms. The van der Waals surface area contributed by atoms with Crippen LogP contribution in [0.2, 0.25) is 0 Å². The van der Waals surface area contributed by atoms with Crippen LogP contribution in [0.3, 0.4) is 0 Å². The third kappa shape index (κ3) is 3.97. The number of nitrogens with zero attached hydrogens (tertiary/aromatic N) is 4. The maximum Gasteiger partial charge on any atom is 0.0964 e. The summed E-state index contributed by atoms with van der Waals surface area (Å²) in [4.78, 5) is 2.37. The van der Waals surface area contributed by atoms with Gasteiger partial charge in [0.1, 0.15) is 0 Å². The van der Waals surface area contributed by atoms with Crippen LogP contribution in [0.1, 0.15) is 19.5 Å². The van der Waals surface area contributed by atoms with Gasteiger partial charge < -0.3 is 10.2 Å². The topological polar surface area (TPSA) is 46.0 Å². The number of rotatable bonds is 7. The first-order chi connectivity index (χ1) is 7.30. The van der Waals surface area contributed by atoms with Crippen LogP contribution in [0.4, 0.5) is 0 Å². The van der Waals surface area contributed by atoms with Gasteiger partial charge in [-0.1, -0.05) is 19.1 Å². The molecule has 0 aliphatic rings. The summed E-state index contributed by atoms with van der Waals surface area (Å²) in [5.74, 6) is 0. The monoisotopic (exact) mass is 211 g/mol. The van der Waals surface area contributed by atoms with E-state index in [9.17, 15) is 0 Å². The van der Waals surface area contributed by atoms with E-state index >= 15 is 0 Å². The third-order valence-electron chi connectivity index (χ3n) is 2.48. The summed E-state index contributed by atoms with van der Waals surface area (Å²) < 4.78 is 1.91. The Kier molecular flexibility index (Phi) is 5.28. The molecule has 0 fully saturated rings. The molecule has 1 N–H and O–H groups in total. The van der Waals surface area contributed by atoms with Gasteiger partial charge in [0.2, 0.25) is 0 Å². The average Bonchev–Trinajstić information content (AvgIpc) is 2.68. The van der Waals surface area contributed by atoms with Crippen LogP contribution in [0.25, 0.3) is 0 Å². The van der Waals surface area contributed by atoms with E-state index in [2.05, 4.69) is 34.4 Å². The molecule has 1 aromatic rings. The van der Waals surface area contributed by atoms with Gasteiger partial charge >= 0.3 is 0 Å². The Bertz CT molecular complexity index is 267. The van der Waals surface area contributed by atoms with Crippen molar-refractivity contribution in [3.05, 3.63) is 11.9 Å². The molecule has 0 amide bonds. The van der Waals surface area contributed by atoms with Crippen LogP contribution in [-0.4, -0.2) is 46.6 Å². The summed E-state index contributed by atoms with van der Waals surface area (Å²) in [5, 5.41) is 11.2. The van der Waals surface area contributed by atoms with Gasteiger partial charge in [-0.3, -0.25) is 4.68 Å². The summed E-state index contributed by atoms with van der Waals surface area (Å²) in [6, 6.07) is 0. The summed E-state index contributed by atoms with van der Waals surface area (Å²) in [6.45, 7) is 9.27. The molecule has 0 bridgehead atoms. The lowest BCUT2D eigenvalue weighted by Gasteiger charge is -2.17. The lowest BCUT2D eigenvalue weighted by atomic mass is 10.4. The summed E-state index contributed by atoms with van der Waals surface area (Å²) >= 11 is 0. The molecule has 1 rings (SSSR count). The predicted molar refractivity (Wildman–Crippen MR) is 60.6 cm³/mol. The highest BCUT2D eigenvalue weighted by Crippen LogP contribution is 1.94. The number of likely N-dealkylation sites (N-methyl/N-ethyl adjacent to an activating group) is 1. The summed E-state index contributed by atoms with van der Waals surface area (Å²) in [5.41, 5.74) is 0.997. The van der Waals surface area contributed by atoms with Crippen molar-refractivity contribution in [2.45, 2.75) is 26.9 Å². The Labute approximate surface area is 91.5 Å². The van der Waals surface area contributed by atoms with Gasteiger partial charge in [-0.15, -0.1) is 5.10 Å². The fraction of sp³-hybridized carbons (Fsp3) is 0.800. The molecule has 86 valence electrons. The first kappa shape index (κ1) is 12.1. The molecule has 0 spiro atoms. The fourth-order valence-corrected chi connectivity index (χ4v) is 1.49. The van der Waals surface area contributed by atoms with Gasteiger partial charge in [-0.25, -0.2) is 0 Å². The molecule has 0 atom stereocenters. The maximum atomic E-state index is 4.08. The first-order valence-corrected chi connectivity index (χ1v) is 5.56. The van der Waals surface area contributed by atoms with E-state index in [4.69, 9.17) is 0 Å². The lowest BCUT2D eigenvalue weighted by Crippen LogP contribution is -2.27. The zero-order valence-electron chi connectivity index (χ0n) is 9.90. The standard InChI is InChI=1S/C10H21N5/c1-4-14(5-2)6-7-15-9-10(8-11-3)12-13-15/h9,11H,4-8H2,1-3H3. The van der Waals surface area contributed by atoms with Gasteiger partial charge in [-0.05, 0) is 20.1 Å². The predicted octanol–water partition coefficient (Wildman–Crippen LogP) is 0.339. The molecule has 1 heterocycles. The molecule has 15 heavy (non-hydrogen) atoms. The second-order valence-corrected chi connectivity index (χ2v) is 3.53. The van der Waals surface area contributed by atoms with Crippen molar-refractivity contribution >= 4 is 0 Å². The minimum absolute atomic E-state index is 0.783. The van der Waals surface area contributed by atoms with Gasteiger partial charge in [-0.2, -0.15) is 0 Å². The Morgan fingerprint density at radius 2 is 2.13 bits per heavy atom. The zero-order chi connectivity index (χ0) is 11.1. The highest BCUT2D eigenvalue weighted by Gasteiger charge is 2.02. The third-order valence-corrected chi connectivity index (χ3v) is 2.48. The molecule has 0 unspecified atom stereocenters. The Morgan fingerprint density at radius 3 is 2.73 bits per heavy atom. The molecule has 0 aliphatic carbocycles. The minimum Gasteiger partial charge on any atom is -0.314 e. The van der Waals surface area contributed by atoms with Crippen molar-refractivity contribution in [1.82, 2.24) is 25.2 Å². The quantitative estimate of drug-likeness (QED) is 0.706. The second-order valence-electron chi connectivity index (χ2n) is 3.53. The van der Waals surface area contributed by atoms with Crippen LogP contribution in [0, 0.1) is 0 Å². The van der Waals surface area contributed by atoms with E-state index in [1.54, 1.807) is 0 Å². The minimum atomic E-state index is 0.783. The van der Waals surface area contributed by atoms with Crippen LogP contribution < -0.4 is 5.32 Å². The fourth-order valence-electron chi connectivity index (χ4n) is 1.49. The normalized spacial score (nSPS) is 11.2.